The van der Waals surface area contributed by atoms with E-state index in [1.165, 1.54) is 0 Å². The van der Waals surface area contributed by atoms with E-state index in [0.717, 1.165) is 12.8 Å². The number of nitrogens with one attached hydrogen (secondary N) is 1. The Morgan fingerprint density at radius 2 is 1.95 bits per heavy atom. The molecule has 0 aromatic carbocycles. The maximum absolute atomic E-state index is 12.7. The van der Waals surface area contributed by atoms with Crippen molar-refractivity contribution < 1.29 is 14.3 Å². The standard InChI is InChI=1S/C16H28N2O3/c1-6-12-13(19)18(16(5,7-2)14(20)17-12)10-11-8-9-15(3,4)21-11/h11-12H,6-10H2,1-5H3,(H,17,20). The monoisotopic (exact) mass is 296 g/mol. The third kappa shape index (κ3) is 2.93. The van der Waals surface area contributed by atoms with Crippen molar-refractivity contribution >= 4 is 11.8 Å². The number of hydrogen-bond donors (Lipinski definition) is 1. The van der Waals surface area contributed by atoms with Crippen LogP contribution in [0.25, 0.3) is 0 Å². The van der Waals surface area contributed by atoms with Crippen LogP contribution in [0.2, 0.25) is 0 Å². The third-order valence-corrected chi connectivity index (χ3v) is 4.99. The fourth-order valence-electron chi connectivity index (χ4n) is 3.26. The smallest absolute Gasteiger partial charge is 0.246 e. The Bertz CT molecular complexity index is 435. The molecule has 2 amide bonds. The average molecular weight is 296 g/mol. The number of ether oxygens (including phenoxy) is 1. The van der Waals surface area contributed by atoms with Gasteiger partial charge >= 0.3 is 0 Å². The summed E-state index contributed by atoms with van der Waals surface area (Å²) in [4.78, 5) is 26.9. The van der Waals surface area contributed by atoms with E-state index in [9.17, 15) is 9.59 Å². The molecule has 2 aliphatic rings. The van der Waals surface area contributed by atoms with Gasteiger partial charge in [0.25, 0.3) is 0 Å². The lowest BCUT2D eigenvalue weighted by atomic mass is 9.89. The van der Waals surface area contributed by atoms with Crippen LogP contribution in [0.4, 0.5) is 0 Å². The SMILES string of the molecule is CCC1NC(=O)C(C)(CC)N(CC2CCC(C)(C)O2)C1=O. The molecule has 0 aromatic rings. The van der Waals surface area contributed by atoms with Gasteiger partial charge < -0.3 is 15.0 Å². The molecule has 2 saturated heterocycles. The van der Waals surface area contributed by atoms with Crippen molar-refractivity contribution in [1.82, 2.24) is 10.2 Å². The van der Waals surface area contributed by atoms with Crippen LogP contribution in [0.5, 0.6) is 0 Å². The zero-order chi connectivity index (χ0) is 15.8. The van der Waals surface area contributed by atoms with Crippen LogP contribution < -0.4 is 5.32 Å². The van der Waals surface area contributed by atoms with E-state index in [4.69, 9.17) is 4.74 Å². The molecule has 0 aliphatic carbocycles. The van der Waals surface area contributed by atoms with Crippen molar-refractivity contribution in [1.29, 1.82) is 0 Å². The number of piperazine rings is 1. The summed E-state index contributed by atoms with van der Waals surface area (Å²) in [5, 5.41) is 2.86. The van der Waals surface area contributed by atoms with Gasteiger partial charge in [0.15, 0.2) is 0 Å². The van der Waals surface area contributed by atoms with E-state index >= 15 is 0 Å². The van der Waals surface area contributed by atoms with Gasteiger partial charge in [-0.15, -0.1) is 0 Å². The predicted molar refractivity (Wildman–Crippen MR) is 80.8 cm³/mol. The third-order valence-electron chi connectivity index (χ3n) is 4.99. The van der Waals surface area contributed by atoms with Crippen LogP contribution in [0.1, 0.15) is 60.3 Å². The van der Waals surface area contributed by atoms with E-state index in [-0.39, 0.29) is 23.5 Å². The quantitative estimate of drug-likeness (QED) is 0.861. The molecule has 1 N–H and O–H groups in total. The summed E-state index contributed by atoms with van der Waals surface area (Å²) >= 11 is 0. The lowest BCUT2D eigenvalue weighted by molar-refractivity contribution is -0.160. The fourth-order valence-corrected chi connectivity index (χ4v) is 3.26. The molecule has 21 heavy (non-hydrogen) atoms. The Morgan fingerprint density at radius 1 is 1.29 bits per heavy atom. The summed E-state index contributed by atoms with van der Waals surface area (Å²) < 4.78 is 6.02. The first-order chi connectivity index (χ1) is 9.73. The highest BCUT2D eigenvalue weighted by Crippen LogP contribution is 2.33. The van der Waals surface area contributed by atoms with Crippen LogP contribution >= 0.6 is 0 Å². The summed E-state index contributed by atoms with van der Waals surface area (Å²) in [6.45, 7) is 10.4. The van der Waals surface area contributed by atoms with Gasteiger partial charge in [-0.25, -0.2) is 0 Å². The van der Waals surface area contributed by atoms with Gasteiger partial charge in [0.2, 0.25) is 11.8 Å². The molecule has 3 atom stereocenters. The van der Waals surface area contributed by atoms with Gasteiger partial charge in [0.05, 0.1) is 11.7 Å². The van der Waals surface area contributed by atoms with Gasteiger partial charge in [-0.3, -0.25) is 9.59 Å². The van der Waals surface area contributed by atoms with Gasteiger partial charge in [0.1, 0.15) is 11.6 Å². The molecule has 3 unspecified atom stereocenters. The zero-order valence-corrected chi connectivity index (χ0v) is 13.9. The summed E-state index contributed by atoms with van der Waals surface area (Å²) in [5.41, 5.74) is -0.891. The molecule has 5 heteroatoms. The lowest BCUT2D eigenvalue weighted by Gasteiger charge is -2.46. The Hall–Kier alpha value is -1.10. The van der Waals surface area contributed by atoms with Crippen molar-refractivity contribution in [3.63, 3.8) is 0 Å². The first-order valence-electron chi connectivity index (χ1n) is 8.03. The molecule has 2 aliphatic heterocycles. The second-order valence-electron chi connectivity index (χ2n) is 7.05. The van der Waals surface area contributed by atoms with Crippen LogP contribution in [-0.4, -0.2) is 46.5 Å². The molecule has 0 saturated carbocycles. The number of amides is 2. The number of carbonyl (C=O) groups is 2. The van der Waals surface area contributed by atoms with E-state index in [0.29, 0.717) is 19.4 Å². The molecule has 0 radical (unpaired) electrons. The van der Waals surface area contributed by atoms with Crippen molar-refractivity contribution in [2.75, 3.05) is 6.54 Å². The molecule has 0 aromatic heterocycles. The highest BCUT2D eigenvalue weighted by molar-refractivity contribution is 5.99. The number of carbonyl (C=O) groups excluding carboxylic acids is 2. The summed E-state index contributed by atoms with van der Waals surface area (Å²) in [6.07, 6.45) is 3.19. The van der Waals surface area contributed by atoms with Crippen molar-refractivity contribution in [2.24, 2.45) is 0 Å². The second kappa shape index (κ2) is 5.59. The summed E-state index contributed by atoms with van der Waals surface area (Å²) in [7, 11) is 0. The Labute approximate surface area is 127 Å². The minimum atomic E-state index is -0.765. The normalized spacial score (nSPS) is 36.0. The molecule has 2 rings (SSSR count). The van der Waals surface area contributed by atoms with Gasteiger partial charge in [0, 0.05) is 6.54 Å². The molecular formula is C16H28N2O3. The van der Waals surface area contributed by atoms with Crippen molar-refractivity contribution in [2.45, 2.75) is 83.6 Å². The zero-order valence-electron chi connectivity index (χ0n) is 13.9. The Morgan fingerprint density at radius 3 is 2.43 bits per heavy atom. The summed E-state index contributed by atoms with van der Waals surface area (Å²) in [6, 6.07) is -0.397. The summed E-state index contributed by atoms with van der Waals surface area (Å²) in [5.74, 6) is -0.0246. The second-order valence-corrected chi connectivity index (χ2v) is 7.05. The molecular weight excluding hydrogens is 268 g/mol. The minimum absolute atomic E-state index is 0.0229. The van der Waals surface area contributed by atoms with Gasteiger partial charge in [-0.1, -0.05) is 13.8 Å². The molecule has 0 spiro atoms. The molecule has 2 heterocycles. The highest BCUT2D eigenvalue weighted by Gasteiger charge is 2.49. The van der Waals surface area contributed by atoms with Crippen LogP contribution in [0.3, 0.4) is 0 Å². The minimum Gasteiger partial charge on any atom is -0.371 e. The van der Waals surface area contributed by atoms with Gasteiger partial charge in [-0.2, -0.15) is 0 Å². The van der Waals surface area contributed by atoms with Crippen molar-refractivity contribution in [3.05, 3.63) is 0 Å². The fraction of sp³-hybridized carbons (Fsp3) is 0.875. The topological polar surface area (TPSA) is 58.6 Å². The van der Waals surface area contributed by atoms with E-state index in [1.54, 1.807) is 4.90 Å². The first-order valence-corrected chi connectivity index (χ1v) is 8.03. The van der Waals surface area contributed by atoms with Crippen molar-refractivity contribution in [3.8, 4) is 0 Å². The number of rotatable bonds is 4. The maximum Gasteiger partial charge on any atom is 0.246 e. The predicted octanol–water partition coefficient (Wildman–Crippen LogP) is 1.85. The molecule has 5 nitrogen and oxygen atoms in total. The average Bonchev–Trinajstić information content (AvgIpc) is 2.78. The maximum atomic E-state index is 12.7. The lowest BCUT2D eigenvalue weighted by Crippen LogP contribution is -2.70. The van der Waals surface area contributed by atoms with E-state index < -0.39 is 11.6 Å². The van der Waals surface area contributed by atoms with Gasteiger partial charge in [-0.05, 0) is 46.5 Å². The number of hydrogen-bond acceptors (Lipinski definition) is 3. The van der Waals surface area contributed by atoms with E-state index in [1.807, 2.05) is 20.8 Å². The number of nitrogens with zero attached hydrogens (tertiary/aromatic N) is 1. The largest absolute Gasteiger partial charge is 0.371 e. The Kier molecular flexibility index (Phi) is 4.34. The molecule has 0 bridgehead atoms. The van der Waals surface area contributed by atoms with Crippen LogP contribution in [-0.2, 0) is 14.3 Å². The van der Waals surface area contributed by atoms with Crippen LogP contribution in [0.15, 0.2) is 0 Å². The van der Waals surface area contributed by atoms with Crippen LogP contribution in [0, 0.1) is 0 Å². The molecule has 120 valence electrons. The Balaban J connectivity index is 2.19. The first kappa shape index (κ1) is 16.3. The highest BCUT2D eigenvalue weighted by atomic mass is 16.5. The molecule has 2 fully saturated rings. The van der Waals surface area contributed by atoms with E-state index in [2.05, 4.69) is 19.2 Å².